The number of sulfonamides is 1. The summed E-state index contributed by atoms with van der Waals surface area (Å²) >= 11 is 6.40. The van der Waals surface area contributed by atoms with Crippen molar-refractivity contribution in [3.63, 3.8) is 0 Å². The van der Waals surface area contributed by atoms with E-state index in [-0.39, 0.29) is 23.5 Å². The van der Waals surface area contributed by atoms with Gasteiger partial charge in [0.05, 0.1) is 17.9 Å². The second-order valence-electron chi connectivity index (χ2n) is 8.37. The van der Waals surface area contributed by atoms with Gasteiger partial charge in [-0.3, -0.25) is 4.79 Å². The van der Waals surface area contributed by atoms with Crippen LogP contribution < -0.4 is 10.5 Å². The molecule has 1 amide bonds. The Morgan fingerprint density at radius 1 is 1.16 bits per heavy atom. The van der Waals surface area contributed by atoms with Gasteiger partial charge in [-0.2, -0.15) is 18.3 Å². The van der Waals surface area contributed by atoms with Crippen LogP contribution in [0.5, 0.6) is 0 Å². The molecule has 0 saturated carbocycles. The summed E-state index contributed by atoms with van der Waals surface area (Å²) in [4.78, 5) is 17.5. The number of hydrogen-bond acceptors (Lipinski definition) is 6. The van der Waals surface area contributed by atoms with E-state index >= 15 is 0 Å². The van der Waals surface area contributed by atoms with Crippen molar-refractivity contribution >= 4 is 33.2 Å². The number of nitrogens with two attached hydrogens (primary N) is 1. The van der Waals surface area contributed by atoms with Crippen LogP contribution in [0.3, 0.4) is 0 Å². The Balaban J connectivity index is 2.06. The van der Waals surface area contributed by atoms with Crippen molar-refractivity contribution in [1.29, 1.82) is 0 Å². The second-order valence-corrected chi connectivity index (χ2v) is 10.2. The van der Waals surface area contributed by atoms with E-state index in [1.54, 1.807) is 31.2 Å². The lowest BCUT2D eigenvalue weighted by molar-refractivity contribution is -0.137. The maximum Gasteiger partial charge on any atom is 0.416 e. The molecule has 2 aromatic carbocycles. The van der Waals surface area contributed by atoms with Gasteiger partial charge >= 0.3 is 6.18 Å². The van der Waals surface area contributed by atoms with Gasteiger partial charge in [0, 0.05) is 41.1 Å². The molecule has 2 heterocycles. The molecular weight excluding hydrogens is 547 g/mol. The molecule has 38 heavy (non-hydrogen) atoms. The van der Waals surface area contributed by atoms with E-state index < -0.39 is 44.3 Å². The lowest BCUT2D eigenvalue weighted by Gasteiger charge is -2.15. The van der Waals surface area contributed by atoms with E-state index in [9.17, 15) is 26.4 Å². The number of alkyl halides is 3. The first-order valence-corrected chi connectivity index (χ1v) is 12.9. The van der Waals surface area contributed by atoms with E-state index in [4.69, 9.17) is 21.5 Å². The van der Waals surface area contributed by atoms with Crippen LogP contribution in [0.2, 0.25) is 5.02 Å². The maximum absolute atomic E-state index is 13.2. The van der Waals surface area contributed by atoms with Gasteiger partial charge in [-0.05, 0) is 25.1 Å². The number of ether oxygens (including phenoxy) is 1. The first kappa shape index (κ1) is 27.5. The number of benzene rings is 2. The van der Waals surface area contributed by atoms with Crippen LogP contribution in [0.25, 0.3) is 28.0 Å². The molecule has 2 aromatic heterocycles. The number of hydrogen-bond donors (Lipinski definition) is 2. The Hall–Kier alpha value is -3.52. The fraction of sp³-hybridized carbons (Fsp3) is 0.208. The molecule has 0 aliphatic rings. The Morgan fingerprint density at radius 2 is 1.82 bits per heavy atom. The molecule has 1 unspecified atom stereocenters. The fourth-order valence-electron chi connectivity index (χ4n) is 3.92. The zero-order valence-electron chi connectivity index (χ0n) is 20.0. The van der Waals surface area contributed by atoms with Gasteiger partial charge in [0.2, 0.25) is 5.03 Å². The molecule has 0 spiro atoms. The number of rotatable bonds is 7. The molecule has 14 heteroatoms. The summed E-state index contributed by atoms with van der Waals surface area (Å²) < 4.78 is 70.7. The number of carbonyl (C=O) groups excluding carboxylic acids is 1. The Labute approximate surface area is 220 Å². The summed E-state index contributed by atoms with van der Waals surface area (Å²) in [6, 6.07) is 10.3. The molecule has 9 nitrogen and oxygen atoms in total. The Kier molecular flexibility index (Phi) is 7.48. The SMILES string of the molecule is COCC(C)NC(=O)c1c(S(N)(=O)=O)nn2c(-c3ccc(C(F)(F)F)cc3)c(-c3ccccc3Cl)cnc12. The van der Waals surface area contributed by atoms with Crippen molar-refractivity contribution in [2.24, 2.45) is 5.14 Å². The fourth-order valence-corrected chi connectivity index (χ4v) is 4.82. The topological polar surface area (TPSA) is 129 Å². The monoisotopic (exact) mass is 567 g/mol. The minimum absolute atomic E-state index is 0.135. The van der Waals surface area contributed by atoms with E-state index in [2.05, 4.69) is 15.4 Å². The number of methoxy groups -OCH3 is 1. The first-order chi connectivity index (χ1) is 17.8. The Bertz CT molecular complexity index is 1620. The standard InChI is InChI=1S/C24H21ClF3N5O4S/c1-13(12-37-2)31-22(34)19-21-30-11-17(16-5-3-4-6-18(16)25)20(33(21)32-23(19)38(29,35)36)14-7-9-15(10-8-14)24(26,27)28/h3-11,13H,12H2,1-2H3,(H,31,34)(H2,29,35,36). The number of nitrogens with zero attached hydrogens (tertiary/aromatic N) is 3. The molecule has 0 saturated heterocycles. The number of amides is 1. The highest BCUT2D eigenvalue weighted by molar-refractivity contribution is 7.89. The average molecular weight is 568 g/mol. The van der Waals surface area contributed by atoms with Crippen molar-refractivity contribution in [3.05, 3.63) is 70.9 Å². The molecule has 1 atom stereocenters. The molecule has 0 aliphatic carbocycles. The van der Waals surface area contributed by atoms with Gasteiger partial charge in [0.25, 0.3) is 15.9 Å². The third-order valence-electron chi connectivity index (χ3n) is 5.55. The van der Waals surface area contributed by atoms with E-state index in [1.165, 1.54) is 25.4 Å². The van der Waals surface area contributed by atoms with Crippen molar-refractivity contribution in [1.82, 2.24) is 19.9 Å². The number of nitrogens with one attached hydrogen (secondary N) is 1. The second kappa shape index (κ2) is 10.3. The van der Waals surface area contributed by atoms with Gasteiger partial charge < -0.3 is 10.1 Å². The lowest BCUT2D eigenvalue weighted by atomic mass is 9.99. The molecule has 200 valence electrons. The number of primary sulfonamides is 1. The smallest absolute Gasteiger partial charge is 0.383 e. The van der Waals surface area contributed by atoms with Crippen molar-refractivity contribution in [2.75, 3.05) is 13.7 Å². The Morgan fingerprint density at radius 3 is 2.39 bits per heavy atom. The van der Waals surface area contributed by atoms with Crippen LogP contribution in [0.4, 0.5) is 13.2 Å². The summed E-state index contributed by atoms with van der Waals surface area (Å²) in [5.74, 6) is -0.829. The quantitative estimate of drug-likeness (QED) is 0.345. The van der Waals surface area contributed by atoms with Crippen molar-refractivity contribution in [2.45, 2.75) is 24.2 Å². The summed E-state index contributed by atoms with van der Waals surface area (Å²) in [6.07, 6.45) is -3.23. The van der Waals surface area contributed by atoms with Crippen molar-refractivity contribution < 1.29 is 31.1 Å². The van der Waals surface area contributed by atoms with Crippen LogP contribution in [0, 0.1) is 0 Å². The minimum atomic E-state index is -4.58. The van der Waals surface area contributed by atoms with Gasteiger partial charge in [-0.1, -0.05) is 41.9 Å². The highest BCUT2D eigenvalue weighted by atomic mass is 35.5. The highest BCUT2D eigenvalue weighted by Crippen LogP contribution is 2.38. The molecule has 3 N–H and O–H groups in total. The van der Waals surface area contributed by atoms with Crippen molar-refractivity contribution in [3.8, 4) is 22.4 Å². The van der Waals surface area contributed by atoms with E-state index in [0.717, 1.165) is 16.6 Å². The van der Waals surface area contributed by atoms with E-state index in [0.29, 0.717) is 16.1 Å². The van der Waals surface area contributed by atoms with Gasteiger partial charge in [-0.15, -0.1) is 0 Å². The molecule has 4 rings (SSSR count). The predicted octanol–water partition coefficient (Wildman–Crippen LogP) is 4.15. The molecule has 0 fully saturated rings. The summed E-state index contributed by atoms with van der Waals surface area (Å²) in [5.41, 5.74) is -0.342. The number of carbonyl (C=O) groups is 1. The summed E-state index contributed by atoms with van der Waals surface area (Å²) in [7, 11) is -3.11. The van der Waals surface area contributed by atoms with Crippen LogP contribution >= 0.6 is 11.6 Å². The van der Waals surface area contributed by atoms with Gasteiger partial charge in [0.1, 0.15) is 5.56 Å². The minimum Gasteiger partial charge on any atom is -0.383 e. The largest absolute Gasteiger partial charge is 0.416 e. The lowest BCUT2D eigenvalue weighted by Crippen LogP contribution is -2.36. The number of halogens is 4. The zero-order chi connectivity index (χ0) is 27.8. The van der Waals surface area contributed by atoms with Crippen LogP contribution in [0.1, 0.15) is 22.8 Å². The first-order valence-electron chi connectivity index (χ1n) is 11.0. The molecule has 0 aliphatic heterocycles. The third kappa shape index (κ3) is 5.36. The molecule has 0 radical (unpaired) electrons. The van der Waals surface area contributed by atoms with Crippen LogP contribution in [-0.4, -0.2) is 48.7 Å². The molecule has 0 bridgehead atoms. The van der Waals surface area contributed by atoms with Crippen LogP contribution in [-0.2, 0) is 20.9 Å². The highest BCUT2D eigenvalue weighted by Gasteiger charge is 2.32. The predicted molar refractivity (Wildman–Crippen MR) is 134 cm³/mol. The molecular formula is C24H21ClF3N5O4S. The van der Waals surface area contributed by atoms with Gasteiger partial charge in [-0.25, -0.2) is 23.1 Å². The zero-order valence-corrected chi connectivity index (χ0v) is 21.5. The number of fused-ring (bicyclic) bond motifs is 1. The number of aromatic nitrogens is 3. The maximum atomic E-state index is 13.2. The molecule has 4 aromatic rings. The van der Waals surface area contributed by atoms with Crippen LogP contribution in [0.15, 0.2) is 59.8 Å². The van der Waals surface area contributed by atoms with Gasteiger partial charge in [0.15, 0.2) is 5.65 Å². The van der Waals surface area contributed by atoms with E-state index in [1.807, 2.05) is 0 Å². The third-order valence-corrected chi connectivity index (χ3v) is 6.71. The average Bonchev–Trinajstić information content (AvgIpc) is 3.24. The normalized spacial score (nSPS) is 13.0. The summed E-state index contributed by atoms with van der Waals surface area (Å²) in [6.45, 7) is 1.77. The summed E-state index contributed by atoms with van der Waals surface area (Å²) in [5, 5.41) is 11.6.